The molecule has 0 saturated heterocycles. The minimum atomic E-state index is -0.804. The first-order chi connectivity index (χ1) is 70.8. The van der Waals surface area contributed by atoms with Gasteiger partial charge in [-0.1, -0.05) is 349 Å². The van der Waals surface area contributed by atoms with E-state index >= 15 is 0 Å². The first-order valence-corrected chi connectivity index (χ1v) is 59.3. The Morgan fingerprint density at radius 2 is 0.395 bits per heavy atom. The van der Waals surface area contributed by atoms with Crippen molar-refractivity contribution in [1.82, 2.24) is 0 Å². The molecular weight excluding hydrogens is 1820 g/mol. The van der Waals surface area contributed by atoms with Gasteiger partial charge in [-0.15, -0.1) is 6.58 Å². The average molecular weight is 2020 g/mol. The average Bonchev–Trinajstić information content (AvgIpc) is 0.814. The molecule has 11 fully saturated rings. The highest BCUT2D eigenvalue weighted by Gasteiger charge is 2.37. The Morgan fingerprint density at radius 1 is 0.204 bits per heavy atom. The molecule has 9 aromatic carbocycles. The Bertz CT molecular complexity index is 5320. The molecule has 0 heterocycles. The topological polar surface area (TPSA) is 0 Å². The largest absolute Gasteiger partial charge is 0.203 e. The van der Waals surface area contributed by atoms with Crippen molar-refractivity contribution in [2.24, 2.45) is 101 Å². The van der Waals surface area contributed by atoms with Gasteiger partial charge in [-0.25, -0.2) is 35.1 Å². The van der Waals surface area contributed by atoms with E-state index in [1.54, 1.807) is 130 Å². The van der Waals surface area contributed by atoms with E-state index < -0.39 is 46.5 Å². The predicted octanol–water partition coefficient (Wildman–Crippen LogP) is 44.7. The lowest BCUT2D eigenvalue weighted by Crippen LogP contribution is -2.25. The zero-order valence-corrected chi connectivity index (χ0v) is 93.4. The fourth-order valence-electron chi connectivity index (χ4n) is 27.4. The van der Waals surface area contributed by atoms with Crippen molar-refractivity contribution >= 4 is 0 Å². The lowest BCUT2D eigenvalue weighted by Gasteiger charge is -2.37. The first kappa shape index (κ1) is 116. The smallest absolute Gasteiger partial charge is 0.167 e. The second kappa shape index (κ2) is 58.1. The lowest BCUT2D eigenvalue weighted by atomic mass is 9.68. The third kappa shape index (κ3) is 34.2. The van der Waals surface area contributed by atoms with E-state index in [-0.39, 0.29) is 30.1 Å². The zero-order chi connectivity index (χ0) is 105. The van der Waals surface area contributed by atoms with Crippen molar-refractivity contribution in [1.29, 1.82) is 0 Å². The fraction of sp³-hybridized carbons (Fsp3) is 0.583. The van der Waals surface area contributed by atoms with Crippen LogP contribution in [0.15, 0.2) is 195 Å². The van der Waals surface area contributed by atoms with Gasteiger partial charge in [-0.3, -0.25) is 0 Å². The van der Waals surface area contributed by atoms with Gasteiger partial charge in [0, 0.05) is 23.8 Å². The van der Waals surface area contributed by atoms with Crippen molar-refractivity contribution in [3.8, 4) is 33.4 Å². The van der Waals surface area contributed by atoms with Crippen LogP contribution >= 0.6 is 0 Å². The standard InChI is InChI=1S/C21H30.C20H16F2.C20H28F2.C20H22F2.C16H28.C14H18F2.C14H26.C14H20.5H2/c1-3-17-6-10-19(11-7-17)21-14-12-20(13-15-21)18-8-4-16(2)5-9-18;1-13-3-7-15(8-4-13)17-11-12-18(20(22)19(17)21)16-9-5-14(2)6-10-16;2*1-13-3-6-15(7-4-13)16-8-10-17(11-9-16)18-12-5-14(2)19(21)20(18)22;1-3-4-14-7-11-16(12-8-14)15-9-5-13(2)6-10-15;1-9-3-6-11(7-4-9)12-8-5-10(2)13(15)14(12)16;2*1-11-3-7-13(8-4-11)14-9-5-12(2)6-10-14;;;;;/h3-5,8-9,17,19-21H,1,6-7,10-15H2,2H3;3-12H,1-2H3;5,12-13,15-17H,3-4,6-11H2,1-2H3;5,8-13,15H,3-4,6-7H2,1-2H3;3-4,13-16H,5-12H2,1-2H3;5,8-9,11H,3-4,6-7H2,1-2H3;11-14H,3-10H2,1-2H3;3-4,7-8,12,14H,5-6,9-10H2,1-2H3;5*1H/b;;;;4-3+;;;;;;;;. The first-order valence-electron chi connectivity index (χ1n) is 59.3. The summed E-state index contributed by atoms with van der Waals surface area (Å²) in [6, 6.07) is 54.7. The highest BCUT2D eigenvalue weighted by molar-refractivity contribution is 5.72. The quantitative estimate of drug-likeness (QED) is 0.0752. The fourth-order valence-corrected chi connectivity index (χ4v) is 27.4. The summed E-state index contributed by atoms with van der Waals surface area (Å²) in [5, 5.41) is 0. The van der Waals surface area contributed by atoms with E-state index in [9.17, 15) is 35.1 Å². The number of allylic oxidation sites excluding steroid dienone is 3. The number of hydrogen-bond donors (Lipinski definition) is 0. The van der Waals surface area contributed by atoms with Crippen molar-refractivity contribution in [2.45, 2.75) is 416 Å². The van der Waals surface area contributed by atoms with Crippen molar-refractivity contribution in [3.63, 3.8) is 0 Å². The molecule has 147 heavy (non-hydrogen) atoms. The number of aryl methyl sites for hydroxylation is 7. The SMILES string of the molecule is C/C=C/C1CCC(C2CCC(C)CC2)CC1.C=CC1CCC(C2CCC(c3ccc(C)cc3)CC2)CC1.CC1CCC(C2CCC(C)CC2)CC1.Cc1ccc(-c2ccc(-c3ccc(C)cc3)c(F)c2F)cc1.Cc1ccc(-c2ccc(C3CCC(C)CC3)cc2)c(F)c1F.Cc1ccc(C2CCC(C)CC2)c(F)c1F.Cc1ccc(C2CCC(C)CC2)cc1.Cc1ccc(C2CCC(C3CCC(C)CC3)CC2)c(F)c1F.[HH].[HH].[HH].[HH].[HH]. The van der Waals surface area contributed by atoms with E-state index in [4.69, 9.17) is 0 Å². The van der Waals surface area contributed by atoms with Crippen LogP contribution in [0.4, 0.5) is 35.1 Å². The van der Waals surface area contributed by atoms with E-state index in [1.165, 1.54) is 235 Å². The van der Waals surface area contributed by atoms with Gasteiger partial charge < -0.3 is 0 Å². The van der Waals surface area contributed by atoms with E-state index in [0.29, 0.717) is 50.4 Å². The maximum absolute atomic E-state index is 14.4. The van der Waals surface area contributed by atoms with Crippen molar-refractivity contribution < 1.29 is 42.3 Å². The summed E-state index contributed by atoms with van der Waals surface area (Å²) in [5.74, 6) is 13.4. The molecule has 0 nitrogen and oxygen atoms in total. The van der Waals surface area contributed by atoms with Gasteiger partial charge in [0.05, 0.1) is 0 Å². The third-order valence-electron chi connectivity index (χ3n) is 38.3. The molecule has 0 aromatic heterocycles. The normalized spacial score (nSPS) is 28.8. The molecule has 0 aliphatic heterocycles. The Labute approximate surface area is 894 Å². The molecule has 8 heteroatoms. The summed E-state index contributed by atoms with van der Waals surface area (Å²) in [6.45, 7) is 35.8. The molecule has 11 aliphatic rings. The molecule has 20 rings (SSSR count). The maximum Gasteiger partial charge on any atom is 0.167 e. The highest BCUT2D eigenvalue weighted by atomic mass is 19.2. The summed E-state index contributed by atoms with van der Waals surface area (Å²) in [5.41, 5.74) is 14.7. The van der Waals surface area contributed by atoms with Gasteiger partial charge in [-0.05, 0) is 439 Å². The second-order valence-electron chi connectivity index (χ2n) is 49.5. The third-order valence-corrected chi connectivity index (χ3v) is 38.3. The predicted molar refractivity (Wildman–Crippen MR) is 619 cm³/mol. The second-order valence-corrected chi connectivity index (χ2v) is 49.5. The molecule has 0 unspecified atom stereocenters. The van der Waals surface area contributed by atoms with Crippen LogP contribution in [0, 0.1) is 196 Å². The van der Waals surface area contributed by atoms with Crippen LogP contribution in [0.5, 0.6) is 0 Å². The summed E-state index contributed by atoms with van der Waals surface area (Å²) >= 11 is 0. The van der Waals surface area contributed by atoms with Crippen LogP contribution in [0.25, 0.3) is 33.4 Å². The molecule has 0 bridgehead atoms. The monoisotopic (exact) mass is 2020 g/mol. The molecular formula is C139H198F8. The van der Waals surface area contributed by atoms with Crippen LogP contribution < -0.4 is 0 Å². The minimum Gasteiger partial charge on any atom is -0.203 e. The molecule has 0 radical (unpaired) electrons. The summed E-state index contributed by atoms with van der Waals surface area (Å²) in [6.07, 6.45) is 67.3. The van der Waals surface area contributed by atoms with Gasteiger partial charge in [-0.2, -0.15) is 0 Å². The minimum absolute atomic E-state index is 0. The van der Waals surface area contributed by atoms with Gasteiger partial charge in [0.25, 0.3) is 0 Å². The zero-order valence-electron chi connectivity index (χ0n) is 93.4. The van der Waals surface area contributed by atoms with E-state index in [2.05, 4.69) is 155 Å². The molecule has 11 aliphatic carbocycles. The Balaban J connectivity index is 0.000000211. The molecule has 0 amide bonds. The van der Waals surface area contributed by atoms with Crippen molar-refractivity contribution in [3.05, 3.63) is 308 Å². The van der Waals surface area contributed by atoms with Gasteiger partial charge in [0.1, 0.15) is 0 Å². The van der Waals surface area contributed by atoms with E-state index in [1.807, 2.05) is 50.2 Å². The Hall–Kier alpha value is -8.10. The van der Waals surface area contributed by atoms with E-state index in [0.717, 1.165) is 168 Å². The number of hydrogen-bond acceptors (Lipinski definition) is 0. The molecule has 9 aromatic rings. The van der Waals surface area contributed by atoms with Gasteiger partial charge in [0.2, 0.25) is 0 Å². The maximum atomic E-state index is 14.4. The molecule has 11 saturated carbocycles. The lowest BCUT2D eigenvalue weighted by molar-refractivity contribution is 0.155. The molecule has 0 N–H and O–H groups in total. The molecule has 0 spiro atoms. The molecule has 0 atom stereocenters. The van der Waals surface area contributed by atoms with Crippen molar-refractivity contribution in [2.75, 3.05) is 0 Å². The highest BCUT2D eigenvalue weighted by Crippen LogP contribution is 2.50. The number of halogens is 8. The number of rotatable bonds is 14. The van der Waals surface area contributed by atoms with Gasteiger partial charge >= 0.3 is 0 Å². The van der Waals surface area contributed by atoms with Crippen LogP contribution in [-0.2, 0) is 0 Å². The summed E-state index contributed by atoms with van der Waals surface area (Å²) < 4.78 is 112. The van der Waals surface area contributed by atoms with Crippen LogP contribution in [0.1, 0.15) is 441 Å². The summed E-state index contributed by atoms with van der Waals surface area (Å²) in [7, 11) is 0. The Morgan fingerprint density at radius 3 is 0.667 bits per heavy atom. The Kier molecular flexibility index (Phi) is 45.9. The van der Waals surface area contributed by atoms with Crippen LogP contribution in [0.2, 0.25) is 0 Å². The number of benzene rings is 9. The summed E-state index contributed by atoms with van der Waals surface area (Å²) in [4.78, 5) is 0. The van der Waals surface area contributed by atoms with Gasteiger partial charge in [0.15, 0.2) is 46.5 Å². The molecule has 810 valence electrons. The van der Waals surface area contributed by atoms with Crippen LogP contribution in [0.3, 0.4) is 0 Å². The van der Waals surface area contributed by atoms with Crippen LogP contribution in [-0.4, -0.2) is 0 Å².